The number of ether oxygens (including phenoxy) is 1. The number of carbonyl (C=O) groups excluding carboxylic acids is 2. The van der Waals surface area contributed by atoms with E-state index in [4.69, 9.17) is 9.29 Å². The number of amides is 2. The molecule has 1 aliphatic heterocycles. The third-order valence-corrected chi connectivity index (χ3v) is 6.61. The Hall–Kier alpha value is -4.35. The lowest BCUT2D eigenvalue weighted by atomic mass is 10.0. The van der Waals surface area contributed by atoms with Crippen molar-refractivity contribution in [1.29, 1.82) is 0 Å². The number of hydrogen-bond acceptors (Lipinski definition) is 12. The third kappa shape index (κ3) is 7.39. The van der Waals surface area contributed by atoms with Gasteiger partial charge in [0.05, 0.1) is 23.3 Å². The molecule has 17 heteroatoms. The molecule has 0 unspecified atom stereocenters. The number of likely N-dealkylation sites (tertiary alicyclic amines) is 1. The number of fused-ring (bicyclic) bond motifs is 1. The van der Waals surface area contributed by atoms with Gasteiger partial charge in [-0.2, -0.15) is 8.42 Å². The number of nitro groups is 1. The molecule has 0 radical (unpaired) electrons. The van der Waals surface area contributed by atoms with Crippen LogP contribution in [0.3, 0.4) is 0 Å². The number of carbonyl (C=O) groups is 2. The number of esters is 1. The van der Waals surface area contributed by atoms with E-state index in [0.29, 0.717) is 19.3 Å². The number of urea groups is 1. The Labute approximate surface area is 227 Å². The minimum atomic E-state index is -4.74. The summed E-state index contributed by atoms with van der Waals surface area (Å²) < 4.78 is 45.7. The van der Waals surface area contributed by atoms with Crippen molar-refractivity contribution in [3.8, 4) is 0 Å². The zero-order valence-corrected chi connectivity index (χ0v) is 21.8. The van der Waals surface area contributed by atoms with Gasteiger partial charge in [0, 0.05) is 12.6 Å². The van der Waals surface area contributed by atoms with Crippen molar-refractivity contribution in [2.75, 3.05) is 25.2 Å². The van der Waals surface area contributed by atoms with Crippen LogP contribution in [-0.2, 0) is 30.5 Å². The molecule has 1 saturated heterocycles. The number of anilines is 1. The maximum absolute atomic E-state index is 13.2. The molecule has 0 spiro atoms. The van der Waals surface area contributed by atoms with Gasteiger partial charge in [-0.3, -0.25) is 14.7 Å². The van der Waals surface area contributed by atoms with Crippen LogP contribution in [0, 0.1) is 10.1 Å². The second-order valence-electron chi connectivity index (χ2n) is 8.89. The van der Waals surface area contributed by atoms with Crippen molar-refractivity contribution in [1.82, 2.24) is 20.5 Å². The van der Waals surface area contributed by atoms with Gasteiger partial charge in [-0.05, 0) is 47.6 Å². The van der Waals surface area contributed by atoms with Gasteiger partial charge < -0.3 is 20.3 Å². The Morgan fingerprint density at radius 2 is 1.93 bits per heavy atom. The van der Waals surface area contributed by atoms with E-state index in [0.717, 1.165) is 5.56 Å². The van der Waals surface area contributed by atoms with Crippen LogP contribution in [-0.4, -0.2) is 77.1 Å². The van der Waals surface area contributed by atoms with Crippen LogP contribution in [0.15, 0.2) is 47.1 Å². The number of piperidine rings is 1. The van der Waals surface area contributed by atoms with Crippen LogP contribution in [0.5, 0.6) is 0 Å². The van der Waals surface area contributed by atoms with Crippen LogP contribution in [0.2, 0.25) is 0 Å². The summed E-state index contributed by atoms with van der Waals surface area (Å²) in [7, 11) is -4.74. The number of nitrogens with zero attached hydrogens (tertiary/aromatic N) is 4. The Morgan fingerprint density at radius 1 is 1.18 bits per heavy atom. The van der Waals surface area contributed by atoms with Gasteiger partial charge in [0.1, 0.15) is 6.04 Å². The molecule has 3 N–H and O–H groups in total. The highest BCUT2D eigenvalue weighted by Gasteiger charge is 2.34. The fourth-order valence-corrected chi connectivity index (χ4v) is 4.66. The number of hydrogen-bond donors (Lipinski definition) is 3. The summed E-state index contributed by atoms with van der Waals surface area (Å²) in [5.74, 6) is -0.687. The molecule has 0 saturated carbocycles. The number of nitrogens with one attached hydrogen (secondary N) is 2. The van der Waals surface area contributed by atoms with Crippen LogP contribution in [0.4, 0.5) is 16.2 Å². The highest BCUT2D eigenvalue weighted by molar-refractivity contribution is 7.80. The van der Waals surface area contributed by atoms with Crippen LogP contribution >= 0.6 is 0 Å². The summed E-state index contributed by atoms with van der Waals surface area (Å²) in [4.78, 5) is 38.0. The molecule has 2 aromatic carbocycles. The first kappa shape index (κ1) is 28.7. The fraction of sp³-hybridized carbons (Fsp3) is 0.391. The largest absolute Gasteiger partial charge is 0.443 e. The molecule has 1 aromatic heterocycles. The molecule has 0 bridgehead atoms. The molecule has 3 aromatic rings. The highest BCUT2D eigenvalue weighted by atomic mass is 32.3. The van der Waals surface area contributed by atoms with Gasteiger partial charge in [0.25, 0.3) is 0 Å². The number of benzene rings is 2. The lowest BCUT2D eigenvalue weighted by molar-refractivity contribution is -0.383. The Kier molecular flexibility index (Phi) is 9.08. The molecule has 0 aliphatic carbocycles. The van der Waals surface area contributed by atoms with E-state index in [-0.39, 0.29) is 42.1 Å². The van der Waals surface area contributed by atoms with E-state index < -0.39 is 46.0 Å². The Balaban J connectivity index is 1.39. The molecule has 16 nitrogen and oxygen atoms in total. The summed E-state index contributed by atoms with van der Waals surface area (Å²) in [6, 6.07) is 9.15. The van der Waals surface area contributed by atoms with E-state index in [1.54, 1.807) is 30.3 Å². The predicted molar refractivity (Wildman–Crippen MR) is 137 cm³/mol. The van der Waals surface area contributed by atoms with Crippen molar-refractivity contribution in [2.24, 2.45) is 0 Å². The van der Waals surface area contributed by atoms with Crippen molar-refractivity contribution in [2.45, 2.75) is 37.8 Å². The molecular formula is C23H26N6O10S. The summed E-state index contributed by atoms with van der Waals surface area (Å²) in [5, 5.41) is 23.8. The standard InChI is InChI=1S/C23H26N6O10S/c30-22(37-14-24-17-9-10-18(29(32)33)21-20(17)26-39-27-21)19-8-4-5-11-28(19)23(31)25-16(13-38-40(34,35)36)12-15-6-2-1-3-7-15/h1-3,6-7,9-10,16,19,24H,4-5,8,11-14H2,(H,25,31)(H,34,35,36)/t16-,19+/m1/s1. The molecule has 214 valence electrons. The lowest BCUT2D eigenvalue weighted by Crippen LogP contribution is -2.55. The minimum Gasteiger partial charge on any atom is -0.443 e. The van der Waals surface area contributed by atoms with Gasteiger partial charge in [0.2, 0.25) is 5.52 Å². The number of nitro benzene ring substituents is 1. The van der Waals surface area contributed by atoms with Gasteiger partial charge in [0.15, 0.2) is 12.2 Å². The van der Waals surface area contributed by atoms with Gasteiger partial charge in [-0.15, -0.1) is 0 Å². The number of rotatable bonds is 11. The van der Waals surface area contributed by atoms with Crippen molar-refractivity contribution in [3.63, 3.8) is 0 Å². The summed E-state index contributed by atoms with van der Waals surface area (Å²) in [6.07, 6.45) is 1.85. The topological polar surface area (TPSA) is 216 Å². The maximum Gasteiger partial charge on any atom is 0.397 e. The van der Waals surface area contributed by atoms with E-state index >= 15 is 0 Å². The average molecular weight is 579 g/mol. The zero-order valence-electron chi connectivity index (χ0n) is 21.0. The SMILES string of the molecule is O=C(OCNc1ccc([N+](=O)[O-])c2nonc12)[C@@H]1CCCCN1C(=O)N[C@@H](COS(=O)(=O)O)Cc1ccccc1. The molecule has 4 rings (SSSR count). The molecule has 2 heterocycles. The molecular weight excluding hydrogens is 552 g/mol. The minimum absolute atomic E-state index is 0.0699. The van der Waals surface area contributed by atoms with Gasteiger partial charge >= 0.3 is 28.1 Å². The summed E-state index contributed by atoms with van der Waals surface area (Å²) in [5.41, 5.74) is 0.792. The summed E-state index contributed by atoms with van der Waals surface area (Å²) in [6.45, 7) is -0.597. The molecule has 2 atom stereocenters. The second-order valence-corrected chi connectivity index (χ2v) is 9.98. The normalized spacial score (nSPS) is 16.3. The monoisotopic (exact) mass is 578 g/mol. The second kappa shape index (κ2) is 12.7. The van der Waals surface area contributed by atoms with Crippen molar-refractivity contribution in [3.05, 3.63) is 58.1 Å². The quantitative estimate of drug-likeness (QED) is 0.0977. The van der Waals surface area contributed by atoms with Crippen LogP contribution < -0.4 is 10.6 Å². The van der Waals surface area contributed by atoms with E-state index in [2.05, 4.69) is 29.8 Å². The Morgan fingerprint density at radius 3 is 2.65 bits per heavy atom. The first-order chi connectivity index (χ1) is 19.1. The van der Waals surface area contributed by atoms with E-state index in [1.165, 1.54) is 17.0 Å². The van der Waals surface area contributed by atoms with E-state index in [9.17, 15) is 28.1 Å². The molecule has 2 amide bonds. The highest BCUT2D eigenvalue weighted by Crippen LogP contribution is 2.28. The van der Waals surface area contributed by atoms with Crippen LogP contribution in [0.1, 0.15) is 24.8 Å². The van der Waals surface area contributed by atoms with Crippen LogP contribution in [0.25, 0.3) is 11.0 Å². The zero-order chi connectivity index (χ0) is 28.7. The number of non-ortho nitro benzene ring substituents is 1. The van der Waals surface area contributed by atoms with Gasteiger partial charge in [-0.1, -0.05) is 30.3 Å². The maximum atomic E-state index is 13.2. The first-order valence-electron chi connectivity index (χ1n) is 12.2. The van der Waals surface area contributed by atoms with Crippen molar-refractivity contribution >= 4 is 44.8 Å². The number of aromatic nitrogens is 2. The smallest absolute Gasteiger partial charge is 0.397 e. The lowest BCUT2D eigenvalue weighted by Gasteiger charge is -2.35. The van der Waals surface area contributed by atoms with Gasteiger partial charge in [-0.25, -0.2) is 18.4 Å². The molecule has 40 heavy (non-hydrogen) atoms. The molecule has 1 aliphatic rings. The van der Waals surface area contributed by atoms with E-state index in [1.807, 2.05) is 0 Å². The Bertz CT molecular complexity index is 1470. The average Bonchev–Trinajstić information content (AvgIpc) is 3.42. The summed E-state index contributed by atoms with van der Waals surface area (Å²) >= 11 is 0. The third-order valence-electron chi connectivity index (χ3n) is 6.17. The molecule has 1 fully saturated rings. The van der Waals surface area contributed by atoms with Crippen molar-refractivity contribution < 1.29 is 41.0 Å². The predicted octanol–water partition coefficient (Wildman–Crippen LogP) is 2.04. The first-order valence-corrected chi connectivity index (χ1v) is 13.5. The fourth-order valence-electron chi connectivity index (χ4n) is 4.32.